The van der Waals surface area contributed by atoms with Crippen LogP contribution < -0.4 is 4.74 Å². The topological polar surface area (TPSA) is 25.4 Å². The minimum Gasteiger partial charge on any atom is -0.496 e. The highest BCUT2D eigenvalue weighted by Crippen LogP contribution is 2.48. The summed E-state index contributed by atoms with van der Waals surface area (Å²) >= 11 is 0. The van der Waals surface area contributed by atoms with Gasteiger partial charge in [0.05, 0.1) is 7.11 Å². The van der Waals surface area contributed by atoms with Gasteiger partial charge in [-0.3, -0.25) is 4.98 Å². The molecule has 142 valence electrons. The quantitative estimate of drug-likeness (QED) is 0.754. The third-order valence-electron chi connectivity index (χ3n) is 7.38. The van der Waals surface area contributed by atoms with E-state index >= 15 is 0 Å². The van der Waals surface area contributed by atoms with Crippen LogP contribution in [0.4, 0.5) is 0 Å². The van der Waals surface area contributed by atoms with Crippen molar-refractivity contribution in [1.82, 2.24) is 9.88 Å². The number of nitrogens with zero attached hydrogens (tertiary/aromatic N) is 2. The molecule has 3 fully saturated rings. The van der Waals surface area contributed by atoms with Gasteiger partial charge in [0.25, 0.3) is 0 Å². The molecule has 1 aromatic heterocycles. The van der Waals surface area contributed by atoms with Crippen molar-refractivity contribution in [3.63, 3.8) is 0 Å². The first-order valence-corrected chi connectivity index (χ1v) is 10.6. The molecule has 2 saturated carbocycles. The number of fused-ring (bicyclic) bond motifs is 2. The van der Waals surface area contributed by atoms with Crippen LogP contribution in [0.1, 0.15) is 50.0 Å². The second kappa shape index (κ2) is 7.27. The summed E-state index contributed by atoms with van der Waals surface area (Å²) in [6.45, 7) is 2.50. The lowest BCUT2D eigenvalue weighted by molar-refractivity contribution is 0.110. The molecule has 3 atom stereocenters. The lowest BCUT2D eigenvalue weighted by Crippen LogP contribution is -2.43. The van der Waals surface area contributed by atoms with E-state index in [2.05, 4.69) is 40.2 Å². The molecule has 2 heterocycles. The predicted octanol–water partition coefficient (Wildman–Crippen LogP) is 5.13. The number of likely N-dealkylation sites (tertiary alicyclic amines) is 1. The van der Waals surface area contributed by atoms with Crippen molar-refractivity contribution in [2.24, 2.45) is 11.8 Å². The summed E-state index contributed by atoms with van der Waals surface area (Å²) in [5, 5.41) is 0. The minimum absolute atomic E-state index is 0.608. The summed E-state index contributed by atoms with van der Waals surface area (Å²) in [6.07, 6.45) is 12.2. The highest BCUT2D eigenvalue weighted by atomic mass is 16.5. The summed E-state index contributed by atoms with van der Waals surface area (Å²) in [6, 6.07) is 11.7. The Labute approximate surface area is 162 Å². The molecule has 1 saturated heterocycles. The van der Waals surface area contributed by atoms with Crippen LogP contribution in [0.5, 0.6) is 5.75 Å². The molecule has 1 aromatic carbocycles. The fourth-order valence-corrected chi connectivity index (χ4v) is 5.98. The summed E-state index contributed by atoms with van der Waals surface area (Å²) in [5.41, 5.74) is 3.89. The SMILES string of the molecule is COc1ccc(-c2ccncc2)cc1C1CCN([C@@H]2C[C@H]3CC[C@H]2C3)CC1. The van der Waals surface area contributed by atoms with Gasteiger partial charge < -0.3 is 9.64 Å². The number of ether oxygens (including phenoxy) is 1. The normalized spacial score (nSPS) is 28.6. The first-order valence-electron chi connectivity index (χ1n) is 10.6. The number of piperidine rings is 1. The van der Waals surface area contributed by atoms with E-state index in [-0.39, 0.29) is 0 Å². The van der Waals surface area contributed by atoms with Gasteiger partial charge in [-0.1, -0.05) is 12.5 Å². The molecular formula is C24H30N2O. The zero-order chi connectivity index (χ0) is 18.2. The Morgan fingerprint density at radius 1 is 0.926 bits per heavy atom. The van der Waals surface area contributed by atoms with Crippen LogP contribution in [-0.2, 0) is 0 Å². The third kappa shape index (κ3) is 3.27. The Morgan fingerprint density at radius 3 is 2.41 bits per heavy atom. The van der Waals surface area contributed by atoms with Crippen molar-refractivity contribution >= 4 is 0 Å². The molecule has 0 unspecified atom stereocenters. The van der Waals surface area contributed by atoms with Gasteiger partial charge in [0.1, 0.15) is 5.75 Å². The van der Waals surface area contributed by atoms with Gasteiger partial charge in [-0.05, 0) is 104 Å². The van der Waals surface area contributed by atoms with Crippen LogP contribution in [0.2, 0.25) is 0 Å². The number of hydrogen-bond donors (Lipinski definition) is 0. The van der Waals surface area contributed by atoms with Crippen LogP contribution in [0.3, 0.4) is 0 Å². The van der Waals surface area contributed by atoms with Crippen LogP contribution >= 0.6 is 0 Å². The highest BCUT2D eigenvalue weighted by Gasteiger charge is 2.43. The second-order valence-corrected chi connectivity index (χ2v) is 8.75. The Bertz CT molecular complexity index is 782. The Kier molecular flexibility index (Phi) is 4.65. The van der Waals surface area contributed by atoms with Crippen LogP contribution in [0.25, 0.3) is 11.1 Å². The maximum absolute atomic E-state index is 5.73. The van der Waals surface area contributed by atoms with Crippen molar-refractivity contribution in [2.75, 3.05) is 20.2 Å². The molecule has 2 bridgehead atoms. The Hall–Kier alpha value is -1.87. The monoisotopic (exact) mass is 362 g/mol. The first-order chi connectivity index (χ1) is 13.3. The van der Waals surface area contributed by atoms with Crippen molar-refractivity contribution in [3.8, 4) is 16.9 Å². The second-order valence-electron chi connectivity index (χ2n) is 8.75. The number of benzene rings is 1. The molecule has 0 N–H and O–H groups in total. The van der Waals surface area contributed by atoms with E-state index in [4.69, 9.17) is 4.74 Å². The van der Waals surface area contributed by atoms with E-state index < -0.39 is 0 Å². The van der Waals surface area contributed by atoms with Gasteiger partial charge in [0.15, 0.2) is 0 Å². The maximum Gasteiger partial charge on any atom is 0.122 e. The Morgan fingerprint density at radius 2 is 1.74 bits per heavy atom. The molecule has 2 aromatic rings. The summed E-state index contributed by atoms with van der Waals surface area (Å²) in [4.78, 5) is 6.97. The van der Waals surface area contributed by atoms with Crippen molar-refractivity contribution < 1.29 is 4.74 Å². The lowest BCUT2D eigenvalue weighted by Gasteiger charge is -2.40. The number of aromatic nitrogens is 1. The van der Waals surface area contributed by atoms with Gasteiger partial charge in [0.2, 0.25) is 0 Å². The van der Waals surface area contributed by atoms with E-state index in [1.54, 1.807) is 7.11 Å². The van der Waals surface area contributed by atoms with Crippen LogP contribution in [-0.4, -0.2) is 36.1 Å². The maximum atomic E-state index is 5.73. The van der Waals surface area contributed by atoms with E-state index in [0.717, 1.165) is 23.6 Å². The number of pyridine rings is 1. The van der Waals surface area contributed by atoms with Crippen molar-refractivity contribution in [1.29, 1.82) is 0 Å². The zero-order valence-corrected chi connectivity index (χ0v) is 16.3. The molecule has 0 spiro atoms. The molecule has 0 radical (unpaired) electrons. The average Bonchev–Trinajstić information content (AvgIpc) is 3.38. The predicted molar refractivity (Wildman–Crippen MR) is 109 cm³/mol. The molecule has 2 aliphatic carbocycles. The van der Waals surface area contributed by atoms with Gasteiger partial charge in [0, 0.05) is 18.4 Å². The molecule has 0 amide bonds. The number of rotatable bonds is 4. The van der Waals surface area contributed by atoms with Crippen molar-refractivity contribution in [3.05, 3.63) is 48.3 Å². The minimum atomic E-state index is 0.608. The van der Waals surface area contributed by atoms with Gasteiger partial charge >= 0.3 is 0 Å². The molecule has 3 heteroatoms. The molecule has 5 rings (SSSR count). The largest absolute Gasteiger partial charge is 0.496 e. The Balaban J connectivity index is 1.32. The van der Waals surface area contributed by atoms with Crippen LogP contribution in [0.15, 0.2) is 42.7 Å². The summed E-state index contributed by atoms with van der Waals surface area (Å²) in [5.74, 6) is 3.69. The molecule has 27 heavy (non-hydrogen) atoms. The number of hydrogen-bond acceptors (Lipinski definition) is 3. The average molecular weight is 363 g/mol. The summed E-state index contributed by atoms with van der Waals surface area (Å²) in [7, 11) is 1.80. The van der Waals surface area contributed by atoms with Crippen molar-refractivity contribution in [2.45, 2.75) is 50.5 Å². The standard InChI is InChI=1S/C24H30N2O/c1-27-24-5-4-20(18-6-10-25-11-7-18)16-22(24)19-8-12-26(13-9-19)23-15-17-2-3-21(23)14-17/h4-7,10-11,16-17,19,21,23H,2-3,8-9,12-15H2,1H3/t17-,21-,23+/m0/s1. The van der Waals surface area contributed by atoms with Gasteiger partial charge in [-0.15, -0.1) is 0 Å². The van der Waals surface area contributed by atoms with E-state index in [9.17, 15) is 0 Å². The summed E-state index contributed by atoms with van der Waals surface area (Å²) < 4.78 is 5.73. The van der Waals surface area contributed by atoms with Crippen LogP contribution in [0, 0.1) is 11.8 Å². The zero-order valence-electron chi connectivity index (χ0n) is 16.3. The highest BCUT2D eigenvalue weighted by molar-refractivity contribution is 5.65. The van der Waals surface area contributed by atoms with Gasteiger partial charge in [-0.2, -0.15) is 0 Å². The smallest absolute Gasteiger partial charge is 0.122 e. The lowest BCUT2D eigenvalue weighted by atomic mass is 9.85. The molecule has 3 aliphatic rings. The third-order valence-corrected chi connectivity index (χ3v) is 7.38. The van der Waals surface area contributed by atoms with Gasteiger partial charge in [-0.25, -0.2) is 0 Å². The fraction of sp³-hybridized carbons (Fsp3) is 0.542. The van der Waals surface area contributed by atoms with E-state index in [1.807, 2.05) is 12.4 Å². The molecular weight excluding hydrogens is 332 g/mol. The molecule has 3 nitrogen and oxygen atoms in total. The van der Waals surface area contributed by atoms with E-state index in [1.165, 1.54) is 68.3 Å². The molecule has 1 aliphatic heterocycles. The first kappa shape index (κ1) is 17.2. The fourth-order valence-electron chi connectivity index (χ4n) is 5.98. The van der Waals surface area contributed by atoms with E-state index in [0.29, 0.717) is 5.92 Å². The number of methoxy groups -OCH3 is 1.